The van der Waals surface area contributed by atoms with E-state index >= 15 is 0 Å². The minimum absolute atomic E-state index is 0.111. The van der Waals surface area contributed by atoms with Crippen molar-refractivity contribution in [1.29, 1.82) is 0 Å². The first kappa shape index (κ1) is 13.9. The van der Waals surface area contributed by atoms with Gasteiger partial charge in [-0.3, -0.25) is 0 Å². The fourth-order valence-corrected chi connectivity index (χ4v) is 1.05. The third-order valence-corrected chi connectivity index (χ3v) is 1.98. The average Bonchev–Trinajstić information content (AvgIpc) is 2.70. The smallest absolute Gasteiger partial charge is 0.372 e. The maximum absolute atomic E-state index is 11.7. The molecular formula is C9H14F3N3O2. The molecule has 1 aromatic heterocycles. The van der Waals surface area contributed by atoms with Crippen molar-refractivity contribution in [2.45, 2.75) is 32.0 Å². The first-order valence-electron chi connectivity index (χ1n) is 5.15. The Morgan fingerprint density at radius 2 is 2.18 bits per heavy atom. The highest BCUT2D eigenvalue weighted by Gasteiger charge is 2.27. The number of aromatic nitrogens is 2. The molecule has 17 heavy (non-hydrogen) atoms. The summed E-state index contributed by atoms with van der Waals surface area (Å²) < 4.78 is 44.5. The molecule has 98 valence electrons. The molecule has 0 aliphatic heterocycles. The van der Waals surface area contributed by atoms with E-state index in [-0.39, 0.29) is 19.1 Å². The van der Waals surface area contributed by atoms with Gasteiger partial charge < -0.3 is 15.0 Å². The van der Waals surface area contributed by atoms with Crippen LogP contribution in [0, 0.1) is 0 Å². The molecule has 0 aromatic carbocycles. The van der Waals surface area contributed by atoms with E-state index in [2.05, 4.69) is 14.9 Å². The summed E-state index contributed by atoms with van der Waals surface area (Å²) in [5.74, 6) is 0.587. The second-order valence-corrected chi connectivity index (χ2v) is 3.48. The number of nitrogens with zero attached hydrogens (tertiary/aromatic N) is 2. The molecule has 5 nitrogen and oxygen atoms in total. The van der Waals surface area contributed by atoms with E-state index in [1.165, 1.54) is 0 Å². The number of alkyl halides is 3. The molecule has 0 saturated carbocycles. The fraction of sp³-hybridized carbons (Fsp3) is 0.778. The monoisotopic (exact) mass is 253 g/mol. The Hall–Kier alpha value is -1.15. The van der Waals surface area contributed by atoms with E-state index in [4.69, 9.17) is 10.3 Å². The molecule has 0 bridgehead atoms. The van der Waals surface area contributed by atoms with Gasteiger partial charge in [0.05, 0.1) is 12.6 Å². The van der Waals surface area contributed by atoms with Crippen LogP contribution in [0.1, 0.15) is 31.1 Å². The van der Waals surface area contributed by atoms with Gasteiger partial charge in [-0.25, -0.2) is 0 Å². The molecule has 1 rings (SSSR count). The van der Waals surface area contributed by atoms with Gasteiger partial charge in [0.1, 0.15) is 6.61 Å². The molecule has 1 aromatic rings. The SMILES string of the molecule is CC[C@H](N)c1nc(CCOCC(F)(F)F)no1. The zero-order valence-electron chi connectivity index (χ0n) is 9.33. The summed E-state index contributed by atoms with van der Waals surface area (Å²) in [5.41, 5.74) is 5.64. The summed E-state index contributed by atoms with van der Waals surface area (Å²) in [6.07, 6.45) is -3.50. The Morgan fingerprint density at radius 3 is 2.76 bits per heavy atom. The van der Waals surface area contributed by atoms with Crippen molar-refractivity contribution in [3.63, 3.8) is 0 Å². The van der Waals surface area contributed by atoms with Gasteiger partial charge in [0.2, 0.25) is 5.89 Å². The summed E-state index contributed by atoms with van der Waals surface area (Å²) in [6.45, 7) is 0.479. The van der Waals surface area contributed by atoms with Crippen molar-refractivity contribution in [3.05, 3.63) is 11.7 Å². The molecule has 0 radical (unpaired) electrons. The molecule has 2 N–H and O–H groups in total. The summed E-state index contributed by atoms with van der Waals surface area (Å²) in [6, 6.07) is -0.340. The number of rotatable bonds is 6. The largest absolute Gasteiger partial charge is 0.411 e. The Morgan fingerprint density at radius 1 is 1.47 bits per heavy atom. The van der Waals surface area contributed by atoms with Crippen molar-refractivity contribution in [1.82, 2.24) is 10.1 Å². The molecule has 8 heteroatoms. The molecule has 0 fully saturated rings. The highest BCUT2D eigenvalue weighted by Crippen LogP contribution is 2.15. The highest BCUT2D eigenvalue weighted by molar-refractivity contribution is 4.91. The van der Waals surface area contributed by atoms with Gasteiger partial charge in [-0.05, 0) is 6.42 Å². The Kier molecular flexibility index (Phi) is 4.88. The van der Waals surface area contributed by atoms with Crippen LogP contribution in [0.4, 0.5) is 13.2 Å². The van der Waals surface area contributed by atoms with Crippen LogP contribution in [0.5, 0.6) is 0 Å². The maximum Gasteiger partial charge on any atom is 0.411 e. The lowest BCUT2D eigenvalue weighted by atomic mass is 10.2. The second kappa shape index (κ2) is 5.97. The molecular weight excluding hydrogens is 239 g/mol. The van der Waals surface area contributed by atoms with Gasteiger partial charge in [-0.15, -0.1) is 0 Å². The van der Waals surface area contributed by atoms with Crippen molar-refractivity contribution in [2.75, 3.05) is 13.2 Å². The van der Waals surface area contributed by atoms with Crippen molar-refractivity contribution >= 4 is 0 Å². The Labute approximate surface area is 96.1 Å². The summed E-state index contributed by atoms with van der Waals surface area (Å²) in [5, 5.41) is 3.59. The fourth-order valence-electron chi connectivity index (χ4n) is 1.05. The predicted octanol–water partition coefficient (Wildman–Crippen LogP) is 1.60. The maximum atomic E-state index is 11.7. The second-order valence-electron chi connectivity index (χ2n) is 3.48. The molecule has 1 heterocycles. The van der Waals surface area contributed by atoms with Crippen LogP contribution in [0.3, 0.4) is 0 Å². The van der Waals surface area contributed by atoms with Crippen LogP contribution in [0.25, 0.3) is 0 Å². The summed E-state index contributed by atoms with van der Waals surface area (Å²) in [7, 11) is 0. The molecule has 0 saturated heterocycles. The highest BCUT2D eigenvalue weighted by atomic mass is 19.4. The van der Waals surface area contributed by atoms with E-state index in [0.717, 1.165) is 0 Å². The van der Waals surface area contributed by atoms with Crippen LogP contribution in [-0.2, 0) is 11.2 Å². The third kappa shape index (κ3) is 5.14. The lowest BCUT2D eigenvalue weighted by Gasteiger charge is -2.05. The van der Waals surface area contributed by atoms with E-state index in [1.54, 1.807) is 0 Å². The zero-order valence-corrected chi connectivity index (χ0v) is 9.33. The minimum atomic E-state index is -4.31. The normalized spacial score (nSPS) is 13.9. The predicted molar refractivity (Wildman–Crippen MR) is 52.1 cm³/mol. The Bertz CT molecular complexity index is 340. The standard InChI is InChI=1S/C9H14F3N3O2/c1-2-6(13)8-14-7(15-17-8)3-4-16-5-9(10,11)12/h6H,2-5,13H2,1H3/t6-/m0/s1. The number of hydrogen-bond acceptors (Lipinski definition) is 5. The lowest BCUT2D eigenvalue weighted by molar-refractivity contribution is -0.173. The third-order valence-electron chi connectivity index (χ3n) is 1.98. The topological polar surface area (TPSA) is 74.2 Å². The lowest BCUT2D eigenvalue weighted by Crippen LogP contribution is -2.18. The molecule has 0 aliphatic rings. The van der Waals surface area contributed by atoms with E-state index in [1.807, 2.05) is 6.92 Å². The minimum Gasteiger partial charge on any atom is -0.372 e. The van der Waals surface area contributed by atoms with Crippen LogP contribution in [0.2, 0.25) is 0 Å². The number of hydrogen-bond donors (Lipinski definition) is 1. The first-order chi connectivity index (χ1) is 7.92. The van der Waals surface area contributed by atoms with Gasteiger partial charge in [0, 0.05) is 6.42 Å². The van der Waals surface area contributed by atoms with Crippen LogP contribution in [0.15, 0.2) is 4.52 Å². The zero-order chi connectivity index (χ0) is 12.9. The first-order valence-corrected chi connectivity index (χ1v) is 5.15. The molecule has 0 amide bonds. The van der Waals surface area contributed by atoms with Gasteiger partial charge in [0.25, 0.3) is 0 Å². The van der Waals surface area contributed by atoms with Crippen LogP contribution < -0.4 is 5.73 Å². The average molecular weight is 253 g/mol. The molecule has 0 spiro atoms. The van der Waals surface area contributed by atoms with Gasteiger partial charge in [-0.2, -0.15) is 18.2 Å². The van der Waals surface area contributed by atoms with E-state index < -0.39 is 12.8 Å². The summed E-state index contributed by atoms with van der Waals surface area (Å²) >= 11 is 0. The van der Waals surface area contributed by atoms with Crippen molar-refractivity contribution in [2.24, 2.45) is 5.73 Å². The summed E-state index contributed by atoms with van der Waals surface area (Å²) in [4.78, 5) is 3.95. The van der Waals surface area contributed by atoms with Gasteiger partial charge in [-0.1, -0.05) is 12.1 Å². The van der Waals surface area contributed by atoms with Gasteiger partial charge in [0.15, 0.2) is 5.82 Å². The van der Waals surface area contributed by atoms with Crippen LogP contribution >= 0.6 is 0 Å². The van der Waals surface area contributed by atoms with Crippen LogP contribution in [-0.4, -0.2) is 29.5 Å². The van der Waals surface area contributed by atoms with Gasteiger partial charge >= 0.3 is 6.18 Å². The van der Waals surface area contributed by atoms with Crippen molar-refractivity contribution < 1.29 is 22.4 Å². The van der Waals surface area contributed by atoms with E-state index in [0.29, 0.717) is 18.1 Å². The Balaban J connectivity index is 2.30. The van der Waals surface area contributed by atoms with E-state index in [9.17, 15) is 13.2 Å². The molecule has 0 aliphatic carbocycles. The number of halogens is 3. The number of nitrogens with two attached hydrogens (primary N) is 1. The molecule has 1 atom stereocenters. The quantitative estimate of drug-likeness (QED) is 0.779. The van der Waals surface area contributed by atoms with Crippen molar-refractivity contribution in [3.8, 4) is 0 Å². The molecule has 0 unspecified atom stereocenters. The number of ether oxygens (including phenoxy) is 1.